The van der Waals surface area contributed by atoms with Crippen LogP contribution in [0.1, 0.15) is 33.5 Å². The summed E-state index contributed by atoms with van der Waals surface area (Å²) in [6, 6.07) is 1.59. The largest absolute Gasteiger partial charge is 0.369 e. The van der Waals surface area contributed by atoms with E-state index < -0.39 is 9.84 Å². The maximum atomic E-state index is 11.4. The summed E-state index contributed by atoms with van der Waals surface area (Å²) in [6.45, 7) is 7.92. The van der Waals surface area contributed by atoms with Crippen LogP contribution in [0.3, 0.4) is 0 Å². The molecule has 0 aliphatic rings. The van der Waals surface area contributed by atoms with Crippen LogP contribution in [-0.2, 0) is 15.3 Å². The number of sulfone groups is 1. The highest BCUT2D eigenvalue weighted by Crippen LogP contribution is 2.22. The van der Waals surface area contributed by atoms with Crippen LogP contribution >= 0.6 is 11.6 Å². The van der Waals surface area contributed by atoms with Gasteiger partial charge in [0.2, 0.25) is 0 Å². The molecule has 1 N–H and O–H groups in total. The molecule has 0 unspecified atom stereocenters. The van der Waals surface area contributed by atoms with E-state index in [2.05, 4.69) is 15.3 Å². The molecule has 0 radical (unpaired) electrons. The third-order valence-corrected chi connectivity index (χ3v) is 4.42. The average Bonchev–Trinajstić information content (AvgIpc) is 2.27. The van der Waals surface area contributed by atoms with Gasteiger partial charge in [-0.1, -0.05) is 39.3 Å². The van der Waals surface area contributed by atoms with Gasteiger partial charge in [-0.25, -0.2) is 18.4 Å². The zero-order chi connectivity index (χ0) is 14.7. The van der Waals surface area contributed by atoms with E-state index in [4.69, 9.17) is 11.6 Å². The molecule has 1 heterocycles. The molecule has 0 atom stereocenters. The molecular weight excluding hydrogens is 286 g/mol. The van der Waals surface area contributed by atoms with Crippen LogP contribution in [0, 0.1) is 0 Å². The molecular formula is C12H20ClN3O2S. The predicted molar refractivity (Wildman–Crippen MR) is 78.6 cm³/mol. The summed E-state index contributed by atoms with van der Waals surface area (Å²) in [5.74, 6) is 1.40. The predicted octanol–water partition coefficient (Wildman–Crippen LogP) is 2.27. The first-order valence-corrected chi connectivity index (χ1v) is 8.33. The van der Waals surface area contributed by atoms with Crippen molar-refractivity contribution in [3.05, 3.63) is 17.0 Å². The summed E-state index contributed by atoms with van der Waals surface area (Å²) in [7, 11) is -2.98. The molecule has 0 saturated heterocycles. The smallest absolute Gasteiger partial charge is 0.151 e. The quantitative estimate of drug-likeness (QED) is 0.845. The van der Waals surface area contributed by atoms with E-state index in [-0.39, 0.29) is 16.9 Å². The second kappa shape index (κ2) is 6.05. The Hall–Kier alpha value is -0.880. The first kappa shape index (κ1) is 16.2. The third kappa shape index (κ3) is 5.32. The number of hydrogen-bond donors (Lipinski definition) is 1. The molecule has 1 aromatic rings. The molecule has 0 saturated carbocycles. The summed E-state index contributed by atoms with van der Waals surface area (Å²) in [4.78, 5) is 8.52. The van der Waals surface area contributed by atoms with Crippen molar-refractivity contribution < 1.29 is 8.42 Å². The SMILES string of the molecule is CCS(=O)(=O)CCNc1cc(Cl)nc(C(C)(C)C)n1. The van der Waals surface area contributed by atoms with Gasteiger partial charge in [0.05, 0.1) is 5.75 Å². The Morgan fingerprint density at radius 1 is 1.32 bits per heavy atom. The lowest BCUT2D eigenvalue weighted by molar-refractivity contribution is 0.546. The van der Waals surface area contributed by atoms with Crippen molar-refractivity contribution in [3.63, 3.8) is 0 Å². The van der Waals surface area contributed by atoms with Crippen molar-refractivity contribution in [1.82, 2.24) is 9.97 Å². The fourth-order valence-corrected chi connectivity index (χ4v) is 2.21. The van der Waals surface area contributed by atoms with Crippen LogP contribution < -0.4 is 5.32 Å². The standard InChI is InChI=1S/C12H20ClN3O2S/c1-5-19(17,18)7-6-14-10-8-9(13)15-11(16-10)12(2,3)4/h8H,5-7H2,1-4H3,(H,14,15,16). The number of anilines is 1. The number of hydrogen-bond acceptors (Lipinski definition) is 5. The highest BCUT2D eigenvalue weighted by atomic mass is 35.5. The number of rotatable bonds is 5. The first-order chi connectivity index (χ1) is 8.64. The zero-order valence-corrected chi connectivity index (χ0v) is 13.3. The Bertz CT molecular complexity index is 538. The van der Waals surface area contributed by atoms with Crippen molar-refractivity contribution in [2.24, 2.45) is 0 Å². The molecule has 108 valence electrons. The lowest BCUT2D eigenvalue weighted by Gasteiger charge is -2.17. The molecule has 19 heavy (non-hydrogen) atoms. The fourth-order valence-electron chi connectivity index (χ4n) is 1.32. The normalized spacial score (nSPS) is 12.5. The van der Waals surface area contributed by atoms with E-state index in [1.54, 1.807) is 13.0 Å². The molecule has 0 spiro atoms. The molecule has 1 aromatic heterocycles. The Labute approximate surface area is 119 Å². The molecule has 0 bridgehead atoms. The molecule has 0 aliphatic heterocycles. The van der Waals surface area contributed by atoms with E-state index >= 15 is 0 Å². The van der Waals surface area contributed by atoms with Gasteiger partial charge in [-0.2, -0.15) is 0 Å². The second-order valence-corrected chi connectivity index (χ2v) is 8.17. The van der Waals surface area contributed by atoms with Crippen LogP contribution in [0.15, 0.2) is 6.07 Å². The van der Waals surface area contributed by atoms with Crippen molar-refractivity contribution in [3.8, 4) is 0 Å². The van der Waals surface area contributed by atoms with Crippen molar-refractivity contribution >= 4 is 27.3 Å². The van der Waals surface area contributed by atoms with E-state index in [1.807, 2.05) is 20.8 Å². The highest BCUT2D eigenvalue weighted by Gasteiger charge is 2.18. The van der Waals surface area contributed by atoms with Gasteiger partial charge in [-0.3, -0.25) is 0 Å². The Balaban J connectivity index is 2.77. The number of nitrogens with zero attached hydrogens (tertiary/aromatic N) is 2. The maximum absolute atomic E-state index is 11.4. The monoisotopic (exact) mass is 305 g/mol. The van der Waals surface area contributed by atoms with E-state index in [9.17, 15) is 8.42 Å². The van der Waals surface area contributed by atoms with Crippen LogP contribution in [0.5, 0.6) is 0 Å². The van der Waals surface area contributed by atoms with Crippen LogP contribution in [0.4, 0.5) is 5.82 Å². The van der Waals surface area contributed by atoms with Crippen LogP contribution in [-0.4, -0.2) is 36.4 Å². The maximum Gasteiger partial charge on any atom is 0.151 e. The lowest BCUT2D eigenvalue weighted by atomic mass is 9.96. The lowest BCUT2D eigenvalue weighted by Crippen LogP contribution is -2.20. The van der Waals surface area contributed by atoms with Gasteiger partial charge in [0.25, 0.3) is 0 Å². The van der Waals surface area contributed by atoms with E-state index in [0.29, 0.717) is 23.3 Å². The van der Waals surface area contributed by atoms with Gasteiger partial charge in [0, 0.05) is 23.8 Å². The summed E-state index contributed by atoms with van der Waals surface area (Å²) in [5, 5.41) is 3.32. The van der Waals surface area contributed by atoms with E-state index in [0.717, 1.165) is 0 Å². The fraction of sp³-hybridized carbons (Fsp3) is 0.667. The molecule has 1 rings (SSSR count). The van der Waals surface area contributed by atoms with Gasteiger partial charge in [0.15, 0.2) is 9.84 Å². The first-order valence-electron chi connectivity index (χ1n) is 6.13. The molecule has 0 amide bonds. The van der Waals surface area contributed by atoms with Gasteiger partial charge in [-0.05, 0) is 0 Å². The minimum atomic E-state index is -2.98. The van der Waals surface area contributed by atoms with Gasteiger partial charge >= 0.3 is 0 Å². The topological polar surface area (TPSA) is 72.0 Å². The molecule has 7 heteroatoms. The minimum Gasteiger partial charge on any atom is -0.369 e. The summed E-state index contributed by atoms with van der Waals surface area (Å²) >= 11 is 5.94. The van der Waals surface area contributed by atoms with Crippen LogP contribution in [0.25, 0.3) is 0 Å². The second-order valence-electron chi connectivity index (χ2n) is 5.31. The third-order valence-electron chi connectivity index (χ3n) is 2.52. The molecule has 5 nitrogen and oxygen atoms in total. The number of halogens is 1. The Morgan fingerprint density at radius 3 is 2.47 bits per heavy atom. The van der Waals surface area contributed by atoms with Crippen molar-refractivity contribution in [2.75, 3.05) is 23.4 Å². The molecule has 0 aliphatic carbocycles. The summed E-state index contributed by atoms with van der Waals surface area (Å²) < 4.78 is 22.8. The van der Waals surface area contributed by atoms with Gasteiger partial charge in [0.1, 0.15) is 16.8 Å². The Kier molecular flexibility index (Phi) is 5.15. The summed E-state index contributed by atoms with van der Waals surface area (Å²) in [5.41, 5.74) is -0.211. The molecule has 0 aromatic carbocycles. The minimum absolute atomic E-state index is 0.0793. The van der Waals surface area contributed by atoms with Crippen LogP contribution in [0.2, 0.25) is 5.15 Å². The number of aromatic nitrogens is 2. The summed E-state index contributed by atoms with van der Waals surface area (Å²) in [6.07, 6.45) is 0. The Morgan fingerprint density at radius 2 is 1.95 bits per heavy atom. The van der Waals surface area contributed by atoms with Gasteiger partial charge in [-0.15, -0.1) is 0 Å². The average molecular weight is 306 g/mol. The van der Waals surface area contributed by atoms with Crippen molar-refractivity contribution in [2.45, 2.75) is 33.1 Å². The molecule has 0 fully saturated rings. The van der Waals surface area contributed by atoms with Gasteiger partial charge < -0.3 is 5.32 Å². The zero-order valence-electron chi connectivity index (χ0n) is 11.7. The highest BCUT2D eigenvalue weighted by molar-refractivity contribution is 7.91. The van der Waals surface area contributed by atoms with E-state index in [1.165, 1.54) is 0 Å². The van der Waals surface area contributed by atoms with Crippen molar-refractivity contribution in [1.29, 1.82) is 0 Å². The number of nitrogens with one attached hydrogen (secondary N) is 1.